The van der Waals surface area contributed by atoms with Crippen molar-refractivity contribution >= 4 is 5.97 Å². The van der Waals surface area contributed by atoms with Crippen LogP contribution in [0.25, 0.3) is 0 Å². The van der Waals surface area contributed by atoms with Gasteiger partial charge in [-0.25, -0.2) is 0 Å². The standard InChI is InChI=1S/C26H27NO2/c1-2-18-27(21-24-16-10-5-11-17-24)26(25(28)29,19-22-12-6-3-7-13-22)20-23-14-8-4-9-15-23/h2-17H,1,18-21H2,(H,28,29). The topological polar surface area (TPSA) is 40.5 Å². The molecule has 0 radical (unpaired) electrons. The molecular weight excluding hydrogens is 358 g/mol. The van der Waals surface area contributed by atoms with Crippen molar-refractivity contribution in [3.63, 3.8) is 0 Å². The van der Waals surface area contributed by atoms with Gasteiger partial charge in [-0.1, -0.05) is 97.1 Å². The van der Waals surface area contributed by atoms with Crippen LogP contribution in [0, 0.1) is 0 Å². The lowest BCUT2D eigenvalue weighted by Gasteiger charge is -2.41. The Morgan fingerprint density at radius 2 is 1.21 bits per heavy atom. The molecule has 0 heterocycles. The van der Waals surface area contributed by atoms with Crippen molar-refractivity contribution in [3.8, 4) is 0 Å². The summed E-state index contributed by atoms with van der Waals surface area (Å²) >= 11 is 0. The molecule has 0 fully saturated rings. The van der Waals surface area contributed by atoms with Crippen molar-refractivity contribution in [2.24, 2.45) is 0 Å². The molecule has 29 heavy (non-hydrogen) atoms. The SMILES string of the molecule is C=CCN(Cc1ccccc1)C(Cc1ccccc1)(Cc1ccccc1)C(=O)O. The average molecular weight is 386 g/mol. The largest absolute Gasteiger partial charge is 0.480 e. The van der Waals surface area contributed by atoms with Crippen molar-refractivity contribution in [1.29, 1.82) is 0 Å². The summed E-state index contributed by atoms with van der Waals surface area (Å²) in [6, 6.07) is 29.7. The molecule has 1 N–H and O–H groups in total. The first-order chi connectivity index (χ1) is 14.1. The first-order valence-electron chi connectivity index (χ1n) is 9.85. The quantitative estimate of drug-likeness (QED) is 0.500. The minimum atomic E-state index is -1.09. The van der Waals surface area contributed by atoms with E-state index < -0.39 is 11.5 Å². The van der Waals surface area contributed by atoms with E-state index in [2.05, 4.69) is 6.58 Å². The Morgan fingerprint density at radius 1 is 0.793 bits per heavy atom. The van der Waals surface area contributed by atoms with Gasteiger partial charge in [0.05, 0.1) is 0 Å². The summed E-state index contributed by atoms with van der Waals surface area (Å²) in [5.41, 5.74) is 2.01. The van der Waals surface area contributed by atoms with Crippen molar-refractivity contribution < 1.29 is 9.90 Å². The average Bonchev–Trinajstić information content (AvgIpc) is 2.75. The maximum absolute atomic E-state index is 12.9. The Hall–Kier alpha value is -3.17. The normalized spacial score (nSPS) is 11.3. The monoisotopic (exact) mass is 385 g/mol. The second kappa shape index (κ2) is 9.85. The fourth-order valence-electron chi connectivity index (χ4n) is 3.79. The van der Waals surface area contributed by atoms with Gasteiger partial charge < -0.3 is 5.11 Å². The van der Waals surface area contributed by atoms with Gasteiger partial charge in [0.1, 0.15) is 5.54 Å². The fourth-order valence-corrected chi connectivity index (χ4v) is 3.79. The molecule has 3 heteroatoms. The molecule has 0 saturated heterocycles. The molecule has 3 aromatic carbocycles. The van der Waals surface area contributed by atoms with Crippen molar-refractivity contribution in [2.45, 2.75) is 24.9 Å². The zero-order valence-corrected chi connectivity index (χ0v) is 16.6. The summed E-state index contributed by atoms with van der Waals surface area (Å²) in [4.78, 5) is 14.9. The maximum Gasteiger partial charge on any atom is 0.324 e. The van der Waals surface area contributed by atoms with E-state index in [9.17, 15) is 9.90 Å². The van der Waals surface area contributed by atoms with Crippen molar-refractivity contribution in [3.05, 3.63) is 120 Å². The van der Waals surface area contributed by atoms with Gasteiger partial charge in [0.25, 0.3) is 0 Å². The van der Waals surface area contributed by atoms with E-state index in [1.54, 1.807) is 6.08 Å². The minimum absolute atomic E-state index is 0.415. The number of carbonyl (C=O) groups is 1. The van der Waals surface area contributed by atoms with Gasteiger partial charge >= 0.3 is 5.97 Å². The Bertz CT molecular complexity index is 866. The number of rotatable bonds is 10. The lowest BCUT2D eigenvalue weighted by atomic mass is 9.82. The molecule has 0 aromatic heterocycles. The number of carboxylic acid groups (broad SMARTS) is 1. The summed E-state index contributed by atoms with van der Waals surface area (Å²) in [5.74, 6) is -0.817. The highest BCUT2D eigenvalue weighted by Crippen LogP contribution is 2.29. The van der Waals surface area contributed by atoms with Gasteiger partial charge in [0.2, 0.25) is 0 Å². The van der Waals surface area contributed by atoms with Crippen LogP contribution in [0.2, 0.25) is 0 Å². The summed E-state index contributed by atoms with van der Waals surface area (Å²) in [6.45, 7) is 4.92. The van der Waals surface area contributed by atoms with Gasteiger partial charge in [0.15, 0.2) is 0 Å². The first-order valence-corrected chi connectivity index (χ1v) is 9.85. The van der Waals surface area contributed by atoms with Crippen LogP contribution in [0.15, 0.2) is 104 Å². The smallest absolute Gasteiger partial charge is 0.324 e. The highest BCUT2D eigenvalue weighted by Gasteiger charge is 2.44. The number of nitrogens with zero attached hydrogens (tertiary/aromatic N) is 1. The predicted molar refractivity (Wildman–Crippen MR) is 118 cm³/mol. The van der Waals surface area contributed by atoms with E-state index in [0.29, 0.717) is 25.9 Å². The molecule has 148 valence electrons. The summed E-state index contributed by atoms with van der Waals surface area (Å²) in [6.07, 6.45) is 2.62. The summed E-state index contributed by atoms with van der Waals surface area (Å²) < 4.78 is 0. The molecular formula is C26H27NO2. The molecule has 0 amide bonds. The van der Waals surface area contributed by atoms with Crippen molar-refractivity contribution in [1.82, 2.24) is 4.90 Å². The molecule has 0 atom stereocenters. The second-order valence-corrected chi connectivity index (χ2v) is 7.32. The van der Waals surface area contributed by atoms with E-state index >= 15 is 0 Å². The molecule has 3 nitrogen and oxygen atoms in total. The lowest BCUT2D eigenvalue weighted by molar-refractivity contribution is -0.152. The van der Waals surface area contributed by atoms with E-state index in [1.807, 2.05) is 95.9 Å². The Kier molecular flexibility index (Phi) is 6.99. The molecule has 0 aliphatic carbocycles. The molecule has 0 aliphatic heterocycles. The highest BCUT2D eigenvalue weighted by molar-refractivity contribution is 5.80. The number of hydrogen-bond acceptors (Lipinski definition) is 2. The Labute approximate surface area is 172 Å². The highest BCUT2D eigenvalue weighted by atomic mass is 16.4. The van der Waals surface area contributed by atoms with Crippen LogP contribution in [0.4, 0.5) is 0 Å². The predicted octanol–water partition coefficient (Wildman–Crippen LogP) is 4.98. The summed E-state index contributed by atoms with van der Waals surface area (Å²) in [7, 11) is 0. The third-order valence-corrected chi connectivity index (χ3v) is 5.25. The third-order valence-electron chi connectivity index (χ3n) is 5.25. The molecule has 0 saturated carbocycles. The lowest BCUT2D eigenvalue weighted by Crippen LogP contribution is -2.57. The maximum atomic E-state index is 12.9. The zero-order valence-electron chi connectivity index (χ0n) is 16.6. The third kappa shape index (κ3) is 5.21. The van der Waals surface area contributed by atoms with Crippen LogP contribution in [0.5, 0.6) is 0 Å². The van der Waals surface area contributed by atoms with E-state index in [-0.39, 0.29) is 0 Å². The minimum Gasteiger partial charge on any atom is -0.480 e. The van der Waals surface area contributed by atoms with Crippen LogP contribution < -0.4 is 0 Å². The zero-order chi connectivity index (χ0) is 20.5. The van der Waals surface area contributed by atoms with Crippen LogP contribution in [0.1, 0.15) is 16.7 Å². The second-order valence-electron chi connectivity index (χ2n) is 7.32. The van der Waals surface area contributed by atoms with E-state index in [1.165, 1.54) is 0 Å². The number of aliphatic carboxylic acids is 1. The first kappa shape index (κ1) is 20.6. The van der Waals surface area contributed by atoms with Gasteiger partial charge in [-0.2, -0.15) is 0 Å². The molecule has 3 rings (SSSR count). The summed E-state index contributed by atoms with van der Waals surface area (Å²) in [5, 5.41) is 10.5. The van der Waals surface area contributed by atoms with E-state index in [4.69, 9.17) is 0 Å². The fraction of sp³-hybridized carbons (Fsp3) is 0.192. The van der Waals surface area contributed by atoms with E-state index in [0.717, 1.165) is 16.7 Å². The van der Waals surface area contributed by atoms with Crippen LogP contribution >= 0.6 is 0 Å². The number of benzene rings is 3. The Morgan fingerprint density at radius 3 is 1.59 bits per heavy atom. The molecule has 0 aliphatic rings. The van der Waals surface area contributed by atoms with Gasteiger partial charge in [0, 0.05) is 25.9 Å². The van der Waals surface area contributed by atoms with Crippen LogP contribution in [-0.2, 0) is 24.2 Å². The van der Waals surface area contributed by atoms with Gasteiger partial charge in [-0.15, -0.1) is 6.58 Å². The van der Waals surface area contributed by atoms with Crippen molar-refractivity contribution in [2.75, 3.05) is 6.54 Å². The molecule has 0 spiro atoms. The Balaban J connectivity index is 2.06. The molecule has 0 bridgehead atoms. The molecule has 3 aromatic rings. The van der Waals surface area contributed by atoms with Crippen LogP contribution in [0.3, 0.4) is 0 Å². The molecule has 0 unspecified atom stereocenters. The number of carboxylic acids is 1. The number of hydrogen-bond donors (Lipinski definition) is 1. The van der Waals surface area contributed by atoms with Crippen LogP contribution in [-0.4, -0.2) is 28.1 Å². The van der Waals surface area contributed by atoms with Gasteiger partial charge in [-0.05, 0) is 16.7 Å². The van der Waals surface area contributed by atoms with Gasteiger partial charge in [-0.3, -0.25) is 9.69 Å².